The second-order valence-corrected chi connectivity index (χ2v) is 4.07. The molecular formula is C12H27NO. The van der Waals surface area contributed by atoms with E-state index in [1.807, 2.05) is 6.92 Å². The number of rotatable bonds is 9. The number of nitrogens with zero attached hydrogens (tertiary/aromatic N) is 1. The molecule has 0 saturated carbocycles. The van der Waals surface area contributed by atoms with Crippen molar-refractivity contribution >= 4 is 0 Å². The monoisotopic (exact) mass is 201 g/mol. The fourth-order valence-electron chi connectivity index (χ4n) is 1.48. The number of hydrogen-bond donors (Lipinski definition) is 1. The van der Waals surface area contributed by atoms with Gasteiger partial charge in [-0.2, -0.15) is 0 Å². The van der Waals surface area contributed by atoms with Gasteiger partial charge < -0.3 is 10.0 Å². The largest absolute Gasteiger partial charge is 0.392 e. The summed E-state index contributed by atoms with van der Waals surface area (Å²) in [6.45, 7) is 9.63. The molecule has 0 aliphatic rings. The summed E-state index contributed by atoms with van der Waals surface area (Å²) in [6, 6.07) is 0. The summed E-state index contributed by atoms with van der Waals surface area (Å²) in [7, 11) is 0. The minimum absolute atomic E-state index is 0.135. The van der Waals surface area contributed by atoms with E-state index in [2.05, 4.69) is 18.7 Å². The van der Waals surface area contributed by atoms with Crippen LogP contribution in [0.5, 0.6) is 0 Å². The van der Waals surface area contributed by atoms with Crippen LogP contribution in [0.3, 0.4) is 0 Å². The second-order valence-electron chi connectivity index (χ2n) is 4.07. The standard InChI is InChI=1S/C12H27NO/c1-4-7-9-13(10-8-5-2)11-12(14)6-3/h12,14H,4-11H2,1-3H3. The molecule has 0 aromatic rings. The summed E-state index contributed by atoms with van der Waals surface area (Å²) in [5, 5.41) is 9.59. The van der Waals surface area contributed by atoms with Crippen molar-refractivity contribution in [1.29, 1.82) is 0 Å². The van der Waals surface area contributed by atoms with Crippen molar-refractivity contribution in [3.05, 3.63) is 0 Å². The first kappa shape index (κ1) is 13.9. The van der Waals surface area contributed by atoms with Crippen LogP contribution >= 0.6 is 0 Å². The third-order valence-corrected chi connectivity index (χ3v) is 2.60. The van der Waals surface area contributed by atoms with E-state index >= 15 is 0 Å². The smallest absolute Gasteiger partial charge is 0.0664 e. The van der Waals surface area contributed by atoms with Gasteiger partial charge >= 0.3 is 0 Å². The second kappa shape index (κ2) is 9.47. The van der Waals surface area contributed by atoms with E-state index in [0.717, 1.165) is 26.1 Å². The highest BCUT2D eigenvalue weighted by molar-refractivity contribution is 4.63. The zero-order valence-corrected chi connectivity index (χ0v) is 10.1. The topological polar surface area (TPSA) is 23.5 Å². The van der Waals surface area contributed by atoms with Gasteiger partial charge in [-0.1, -0.05) is 33.6 Å². The molecule has 0 rings (SSSR count). The first-order valence-corrected chi connectivity index (χ1v) is 6.14. The average Bonchev–Trinajstić information content (AvgIpc) is 2.21. The van der Waals surface area contributed by atoms with E-state index in [-0.39, 0.29) is 6.10 Å². The maximum atomic E-state index is 9.59. The van der Waals surface area contributed by atoms with Crippen LogP contribution in [0.15, 0.2) is 0 Å². The molecule has 14 heavy (non-hydrogen) atoms. The molecule has 1 unspecified atom stereocenters. The molecule has 0 aliphatic heterocycles. The molecule has 1 N–H and O–H groups in total. The van der Waals surface area contributed by atoms with Gasteiger partial charge in [-0.05, 0) is 32.4 Å². The van der Waals surface area contributed by atoms with Gasteiger partial charge in [-0.15, -0.1) is 0 Å². The van der Waals surface area contributed by atoms with Crippen molar-refractivity contribution in [2.24, 2.45) is 0 Å². The Balaban J connectivity index is 3.71. The average molecular weight is 201 g/mol. The number of unbranched alkanes of at least 4 members (excludes halogenated alkanes) is 2. The highest BCUT2D eigenvalue weighted by atomic mass is 16.3. The molecule has 2 nitrogen and oxygen atoms in total. The molecule has 0 radical (unpaired) electrons. The Kier molecular flexibility index (Phi) is 9.42. The van der Waals surface area contributed by atoms with Crippen LogP contribution < -0.4 is 0 Å². The SMILES string of the molecule is CCCCN(CCCC)CC(O)CC. The van der Waals surface area contributed by atoms with Gasteiger partial charge in [0.05, 0.1) is 6.10 Å². The minimum atomic E-state index is -0.135. The van der Waals surface area contributed by atoms with Crippen LogP contribution in [-0.4, -0.2) is 35.7 Å². The molecule has 0 heterocycles. The van der Waals surface area contributed by atoms with Gasteiger partial charge in [0.25, 0.3) is 0 Å². The molecule has 0 aliphatic carbocycles. The van der Waals surface area contributed by atoms with E-state index in [1.165, 1.54) is 25.7 Å². The molecule has 2 heteroatoms. The Morgan fingerprint density at radius 3 is 1.86 bits per heavy atom. The Hall–Kier alpha value is -0.0800. The number of hydrogen-bond acceptors (Lipinski definition) is 2. The number of aliphatic hydroxyl groups is 1. The molecule has 0 aromatic carbocycles. The molecule has 0 spiro atoms. The maximum Gasteiger partial charge on any atom is 0.0664 e. The van der Waals surface area contributed by atoms with Crippen molar-refractivity contribution in [1.82, 2.24) is 4.90 Å². The van der Waals surface area contributed by atoms with Gasteiger partial charge in [0.2, 0.25) is 0 Å². The van der Waals surface area contributed by atoms with Crippen molar-refractivity contribution < 1.29 is 5.11 Å². The third kappa shape index (κ3) is 7.34. The molecule has 0 fully saturated rings. The predicted octanol–water partition coefficient (Wildman–Crippen LogP) is 2.66. The highest BCUT2D eigenvalue weighted by Crippen LogP contribution is 2.02. The lowest BCUT2D eigenvalue weighted by Crippen LogP contribution is -2.33. The fourth-order valence-corrected chi connectivity index (χ4v) is 1.48. The van der Waals surface area contributed by atoms with Gasteiger partial charge in [0.15, 0.2) is 0 Å². The zero-order chi connectivity index (χ0) is 10.8. The maximum absolute atomic E-state index is 9.59. The molecule has 0 saturated heterocycles. The lowest BCUT2D eigenvalue weighted by atomic mass is 10.2. The summed E-state index contributed by atoms with van der Waals surface area (Å²) < 4.78 is 0. The first-order valence-electron chi connectivity index (χ1n) is 6.14. The lowest BCUT2D eigenvalue weighted by molar-refractivity contribution is 0.107. The molecule has 1 atom stereocenters. The van der Waals surface area contributed by atoms with Crippen LogP contribution in [-0.2, 0) is 0 Å². The lowest BCUT2D eigenvalue weighted by Gasteiger charge is -2.24. The van der Waals surface area contributed by atoms with Crippen LogP contribution in [0, 0.1) is 0 Å². The van der Waals surface area contributed by atoms with Crippen molar-refractivity contribution in [3.8, 4) is 0 Å². The quantitative estimate of drug-likeness (QED) is 0.620. The van der Waals surface area contributed by atoms with Crippen molar-refractivity contribution in [3.63, 3.8) is 0 Å². The summed E-state index contributed by atoms with van der Waals surface area (Å²) >= 11 is 0. The van der Waals surface area contributed by atoms with Gasteiger partial charge in [0.1, 0.15) is 0 Å². The summed E-state index contributed by atoms with van der Waals surface area (Å²) in [5.41, 5.74) is 0. The summed E-state index contributed by atoms with van der Waals surface area (Å²) in [5.74, 6) is 0. The van der Waals surface area contributed by atoms with E-state index in [0.29, 0.717) is 0 Å². The van der Waals surface area contributed by atoms with Gasteiger partial charge in [-0.25, -0.2) is 0 Å². The Bertz CT molecular complexity index is 109. The first-order chi connectivity index (χ1) is 6.74. The van der Waals surface area contributed by atoms with E-state index in [1.54, 1.807) is 0 Å². The Morgan fingerprint density at radius 1 is 1.00 bits per heavy atom. The van der Waals surface area contributed by atoms with E-state index in [4.69, 9.17) is 0 Å². The van der Waals surface area contributed by atoms with Crippen LogP contribution in [0.4, 0.5) is 0 Å². The third-order valence-electron chi connectivity index (χ3n) is 2.60. The summed E-state index contributed by atoms with van der Waals surface area (Å²) in [6.07, 6.45) is 5.72. The Morgan fingerprint density at radius 2 is 1.50 bits per heavy atom. The van der Waals surface area contributed by atoms with E-state index < -0.39 is 0 Å². The van der Waals surface area contributed by atoms with Crippen LogP contribution in [0.1, 0.15) is 52.9 Å². The molecule has 0 amide bonds. The predicted molar refractivity (Wildman–Crippen MR) is 62.6 cm³/mol. The molecular weight excluding hydrogens is 174 g/mol. The van der Waals surface area contributed by atoms with E-state index in [9.17, 15) is 5.11 Å². The van der Waals surface area contributed by atoms with Crippen molar-refractivity contribution in [2.75, 3.05) is 19.6 Å². The molecule has 0 aromatic heterocycles. The molecule has 0 bridgehead atoms. The normalized spacial score (nSPS) is 13.5. The van der Waals surface area contributed by atoms with Gasteiger partial charge in [0, 0.05) is 6.54 Å². The zero-order valence-electron chi connectivity index (χ0n) is 10.1. The van der Waals surface area contributed by atoms with Gasteiger partial charge in [-0.3, -0.25) is 0 Å². The van der Waals surface area contributed by atoms with Crippen LogP contribution in [0.25, 0.3) is 0 Å². The Labute approximate surface area is 89.3 Å². The fraction of sp³-hybridized carbons (Fsp3) is 1.00. The molecule has 86 valence electrons. The van der Waals surface area contributed by atoms with Crippen LogP contribution in [0.2, 0.25) is 0 Å². The van der Waals surface area contributed by atoms with Crippen molar-refractivity contribution in [2.45, 2.75) is 59.0 Å². The highest BCUT2D eigenvalue weighted by Gasteiger charge is 2.08. The summed E-state index contributed by atoms with van der Waals surface area (Å²) in [4.78, 5) is 2.40. The minimum Gasteiger partial charge on any atom is -0.392 e. The number of aliphatic hydroxyl groups excluding tert-OH is 1.